The minimum Gasteiger partial charge on any atom is -0.318 e. The van der Waals surface area contributed by atoms with Crippen LogP contribution in [0.4, 0.5) is 0 Å². The van der Waals surface area contributed by atoms with E-state index in [1.54, 1.807) is 0 Å². The Labute approximate surface area is 86.7 Å². The molecule has 0 amide bonds. The van der Waals surface area contributed by atoms with Gasteiger partial charge in [0, 0.05) is 12.6 Å². The zero-order chi connectivity index (χ0) is 10.6. The van der Waals surface area contributed by atoms with Crippen LogP contribution in [0.5, 0.6) is 0 Å². The number of hydrogen-bond donors (Lipinski definition) is 2. The molecule has 0 aliphatic carbocycles. The summed E-state index contributed by atoms with van der Waals surface area (Å²) < 4.78 is 0. The predicted octanol–water partition coefficient (Wildman–Crippen LogP) is 1.78. The van der Waals surface area contributed by atoms with E-state index in [0.717, 1.165) is 6.54 Å². The summed E-state index contributed by atoms with van der Waals surface area (Å²) in [7, 11) is 3.98. The molecule has 0 heterocycles. The fraction of sp³-hybridized carbons (Fsp3) is 0.500. The van der Waals surface area contributed by atoms with E-state index < -0.39 is 0 Å². The fourth-order valence-electron chi connectivity index (χ4n) is 1.80. The van der Waals surface area contributed by atoms with Crippen molar-refractivity contribution in [1.29, 1.82) is 0 Å². The van der Waals surface area contributed by atoms with Crippen molar-refractivity contribution >= 4 is 0 Å². The van der Waals surface area contributed by atoms with Crippen molar-refractivity contribution in [1.82, 2.24) is 10.6 Å². The zero-order valence-electron chi connectivity index (χ0n) is 9.52. The van der Waals surface area contributed by atoms with Crippen LogP contribution >= 0.6 is 0 Å². The molecule has 0 aliphatic rings. The van der Waals surface area contributed by atoms with Gasteiger partial charge >= 0.3 is 0 Å². The van der Waals surface area contributed by atoms with Crippen molar-refractivity contribution in [2.75, 3.05) is 20.6 Å². The second kappa shape index (κ2) is 5.13. The lowest BCUT2D eigenvalue weighted by molar-refractivity contribution is 0.558. The van der Waals surface area contributed by atoms with Gasteiger partial charge in [-0.1, -0.05) is 29.3 Å². The molecule has 0 radical (unpaired) electrons. The molecule has 0 bridgehead atoms. The third kappa shape index (κ3) is 2.82. The lowest BCUT2D eigenvalue weighted by Gasteiger charge is -2.17. The van der Waals surface area contributed by atoms with Crippen LogP contribution in [0.1, 0.15) is 22.7 Å². The first-order valence-electron chi connectivity index (χ1n) is 5.07. The number of rotatable bonds is 4. The molecule has 2 nitrogen and oxygen atoms in total. The van der Waals surface area contributed by atoms with Crippen LogP contribution in [0.25, 0.3) is 0 Å². The van der Waals surface area contributed by atoms with Gasteiger partial charge in [0.2, 0.25) is 0 Å². The van der Waals surface area contributed by atoms with Crippen LogP contribution in [0, 0.1) is 13.8 Å². The molecule has 0 unspecified atom stereocenters. The smallest absolute Gasteiger partial charge is 0.0444 e. The Hall–Kier alpha value is -0.860. The van der Waals surface area contributed by atoms with Gasteiger partial charge in [0.15, 0.2) is 0 Å². The van der Waals surface area contributed by atoms with Crippen molar-refractivity contribution in [3.8, 4) is 0 Å². The third-order valence-corrected chi connectivity index (χ3v) is 2.40. The first-order valence-corrected chi connectivity index (χ1v) is 5.07. The number of aryl methyl sites for hydroxylation is 2. The van der Waals surface area contributed by atoms with Gasteiger partial charge < -0.3 is 10.6 Å². The maximum atomic E-state index is 3.31. The van der Waals surface area contributed by atoms with E-state index in [2.05, 4.69) is 42.7 Å². The predicted molar refractivity (Wildman–Crippen MR) is 61.6 cm³/mol. The summed E-state index contributed by atoms with van der Waals surface area (Å²) in [6, 6.07) is 7.09. The Morgan fingerprint density at radius 1 is 1.07 bits per heavy atom. The molecular formula is C12H20N2. The average molecular weight is 192 g/mol. The van der Waals surface area contributed by atoms with Crippen molar-refractivity contribution in [2.45, 2.75) is 19.9 Å². The topological polar surface area (TPSA) is 24.1 Å². The summed E-state index contributed by atoms with van der Waals surface area (Å²) in [5.74, 6) is 0. The van der Waals surface area contributed by atoms with Gasteiger partial charge in [-0.05, 0) is 33.5 Å². The summed E-state index contributed by atoms with van der Waals surface area (Å²) in [6.45, 7) is 5.24. The van der Waals surface area contributed by atoms with Gasteiger partial charge in [-0.25, -0.2) is 0 Å². The molecule has 0 saturated heterocycles. The molecule has 1 atom stereocenters. The molecule has 0 aliphatic heterocycles. The van der Waals surface area contributed by atoms with E-state index in [-0.39, 0.29) is 0 Å². The molecule has 0 saturated carbocycles. The van der Waals surface area contributed by atoms with E-state index >= 15 is 0 Å². The zero-order valence-corrected chi connectivity index (χ0v) is 9.52. The molecule has 1 aromatic rings. The van der Waals surface area contributed by atoms with E-state index in [0.29, 0.717) is 6.04 Å². The second-order valence-corrected chi connectivity index (χ2v) is 3.82. The first-order chi connectivity index (χ1) is 6.67. The van der Waals surface area contributed by atoms with Crippen LogP contribution in [0.15, 0.2) is 18.2 Å². The lowest BCUT2D eigenvalue weighted by atomic mass is 10.0. The highest BCUT2D eigenvalue weighted by Gasteiger charge is 2.08. The van der Waals surface area contributed by atoms with Gasteiger partial charge in [-0.3, -0.25) is 0 Å². The monoisotopic (exact) mass is 192 g/mol. The largest absolute Gasteiger partial charge is 0.318 e. The normalized spacial score (nSPS) is 12.9. The minimum atomic E-state index is 0.401. The van der Waals surface area contributed by atoms with Crippen molar-refractivity contribution in [3.05, 3.63) is 34.9 Å². The molecule has 2 heteroatoms. The quantitative estimate of drug-likeness (QED) is 0.760. The molecule has 78 valence electrons. The van der Waals surface area contributed by atoms with Crippen LogP contribution in [-0.4, -0.2) is 20.6 Å². The lowest BCUT2D eigenvalue weighted by Crippen LogP contribution is -2.27. The number of nitrogens with one attached hydrogen (secondary N) is 2. The number of benzene rings is 1. The SMILES string of the molecule is CNC[C@@H](NC)c1cc(C)cc(C)c1. The first kappa shape index (κ1) is 11.2. The summed E-state index contributed by atoms with van der Waals surface area (Å²) >= 11 is 0. The van der Waals surface area contributed by atoms with E-state index in [4.69, 9.17) is 0 Å². The van der Waals surface area contributed by atoms with Gasteiger partial charge in [0.25, 0.3) is 0 Å². The maximum absolute atomic E-state index is 3.31. The summed E-state index contributed by atoms with van der Waals surface area (Å²) in [4.78, 5) is 0. The third-order valence-electron chi connectivity index (χ3n) is 2.40. The van der Waals surface area contributed by atoms with Crippen LogP contribution in [-0.2, 0) is 0 Å². The van der Waals surface area contributed by atoms with Crippen LogP contribution in [0.3, 0.4) is 0 Å². The van der Waals surface area contributed by atoms with Crippen LogP contribution < -0.4 is 10.6 Å². The highest BCUT2D eigenvalue weighted by Crippen LogP contribution is 2.15. The Morgan fingerprint density at radius 2 is 1.64 bits per heavy atom. The summed E-state index contributed by atoms with van der Waals surface area (Å²) in [5, 5.41) is 6.50. The minimum absolute atomic E-state index is 0.401. The molecular weight excluding hydrogens is 172 g/mol. The number of hydrogen-bond acceptors (Lipinski definition) is 2. The Bertz CT molecular complexity index is 274. The molecule has 2 N–H and O–H groups in total. The average Bonchev–Trinajstić information content (AvgIpc) is 2.12. The van der Waals surface area contributed by atoms with Gasteiger partial charge in [0.1, 0.15) is 0 Å². The summed E-state index contributed by atoms with van der Waals surface area (Å²) in [5.41, 5.74) is 4.02. The van der Waals surface area contributed by atoms with E-state index in [9.17, 15) is 0 Å². The highest BCUT2D eigenvalue weighted by atomic mass is 14.9. The Morgan fingerprint density at radius 3 is 2.07 bits per heavy atom. The van der Waals surface area contributed by atoms with Crippen LogP contribution in [0.2, 0.25) is 0 Å². The van der Waals surface area contributed by atoms with E-state index in [1.165, 1.54) is 16.7 Å². The van der Waals surface area contributed by atoms with Gasteiger partial charge in [-0.15, -0.1) is 0 Å². The standard InChI is InChI=1S/C12H20N2/c1-9-5-10(2)7-11(6-9)12(14-4)8-13-3/h5-7,12-14H,8H2,1-4H3/t12-/m1/s1. The Balaban J connectivity index is 2.91. The van der Waals surface area contributed by atoms with Gasteiger partial charge in [-0.2, -0.15) is 0 Å². The van der Waals surface area contributed by atoms with Crippen molar-refractivity contribution in [2.24, 2.45) is 0 Å². The summed E-state index contributed by atoms with van der Waals surface area (Å²) in [6.07, 6.45) is 0. The van der Waals surface area contributed by atoms with Crippen molar-refractivity contribution in [3.63, 3.8) is 0 Å². The maximum Gasteiger partial charge on any atom is 0.0444 e. The molecule has 1 aromatic carbocycles. The molecule has 1 rings (SSSR count). The van der Waals surface area contributed by atoms with E-state index in [1.807, 2.05) is 14.1 Å². The molecule has 14 heavy (non-hydrogen) atoms. The Kier molecular flexibility index (Phi) is 4.11. The van der Waals surface area contributed by atoms with Gasteiger partial charge in [0.05, 0.1) is 0 Å². The van der Waals surface area contributed by atoms with Crippen molar-refractivity contribution < 1.29 is 0 Å². The molecule has 0 spiro atoms. The highest BCUT2D eigenvalue weighted by molar-refractivity contribution is 5.30. The second-order valence-electron chi connectivity index (χ2n) is 3.82. The fourth-order valence-corrected chi connectivity index (χ4v) is 1.80. The molecule has 0 fully saturated rings. The molecule has 0 aromatic heterocycles. The number of likely N-dealkylation sites (N-methyl/N-ethyl adjacent to an activating group) is 2.